The van der Waals surface area contributed by atoms with E-state index in [-0.39, 0.29) is 6.10 Å². The van der Waals surface area contributed by atoms with Crippen LogP contribution in [0.2, 0.25) is 0 Å². The van der Waals surface area contributed by atoms with E-state index in [1.54, 1.807) is 7.11 Å². The lowest BCUT2D eigenvalue weighted by Gasteiger charge is -2.25. The van der Waals surface area contributed by atoms with E-state index >= 15 is 0 Å². The number of methoxy groups -OCH3 is 1. The minimum Gasteiger partial charge on any atom is -0.375 e. The standard InChI is InChI=1S/C15H23N3O/c1-19-14(13-8-3-2-4-9-13)11-18-15(16)17-10-12-6-5-7-12/h2-4,8-9,12,14H,5-7,10-11H2,1H3,(H3,16,17,18). The molecular weight excluding hydrogens is 238 g/mol. The molecule has 0 aliphatic heterocycles. The molecule has 1 aromatic carbocycles. The van der Waals surface area contributed by atoms with Crippen molar-refractivity contribution < 1.29 is 4.74 Å². The van der Waals surface area contributed by atoms with E-state index in [1.165, 1.54) is 19.3 Å². The van der Waals surface area contributed by atoms with Gasteiger partial charge in [-0.15, -0.1) is 0 Å². The van der Waals surface area contributed by atoms with Crippen LogP contribution < -0.4 is 11.1 Å². The molecule has 0 radical (unpaired) electrons. The van der Waals surface area contributed by atoms with Crippen molar-refractivity contribution in [3.63, 3.8) is 0 Å². The number of nitrogens with zero attached hydrogens (tertiary/aromatic N) is 1. The number of ether oxygens (including phenoxy) is 1. The van der Waals surface area contributed by atoms with E-state index in [0.717, 1.165) is 18.0 Å². The second kappa shape index (κ2) is 7.14. The Morgan fingerprint density at radius 3 is 2.74 bits per heavy atom. The van der Waals surface area contributed by atoms with Crippen molar-refractivity contribution >= 4 is 5.96 Å². The molecule has 4 nitrogen and oxygen atoms in total. The maximum atomic E-state index is 5.87. The highest BCUT2D eigenvalue weighted by atomic mass is 16.5. The largest absolute Gasteiger partial charge is 0.375 e. The third kappa shape index (κ3) is 4.24. The highest BCUT2D eigenvalue weighted by Crippen LogP contribution is 2.25. The van der Waals surface area contributed by atoms with Crippen LogP contribution in [0.4, 0.5) is 0 Å². The molecule has 1 aliphatic rings. The molecular formula is C15H23N3O. The summed E-state index contributed by atoms with van der Waals surface area (Å²) in [4.78, 5) is 4.36. The Bertz CT molecular complexity index is 401. The minimum absolute atomic E-state index is 0.0368. The van der Waals surface area contributed by atoms with Gasteiger partial charge in [0.15, 0.2) is 5.96 Å². The third-order valence-electron chi connectivity index (χ3n) is 3.68. The molecule has 0 saturated heterocycles. The van der Waals surface area contributed by atoms with Gasteiger partial charge >= 0.3 is 0 Å². The topological polar surface area (TPSA) is 59.6 Å². The van der Waals surface area contributed by atoms with Crippen molar-refractivity contribution in [3.05, 3.63) is 35.9 Å². The fourth-order valence-corrected chi connectivity index (χ4v) is 2.17. The number of nitrogens with two attached hydrogens (primary N) is 1. The van der Waals surface area contributed by atoms with Crippen molar-refractivity contribution in [3.8, 4) is 0 Å². The number of aliphatic imine (C=N–C) groups is 1. The van der Waals surface area contributed by atoms with Gasteiger partial charge < -0.3 is 15.8 Å². The van der Waals surface area contributed by atoms with Crippen molar-refractivity contribution in [2.24, 2.45) is 16.6 Å². The summed E-state index contributed by atoms with van der Waals surface area (Å²) in [6.07, 6.45) is 3.93. The molecule has 1 unspecified atom stereocenters. The second-order valence-electron chi connectivity index (χ2n) is 5.04. The van der Waals surface area contributed by atoms with Crippen LogP contribution in [-0.2, 0) is 4.74 Å². The van der Waals surface area contributed by atoms with Crippen LogP contribution in [0.1, 0.15) is 30.9 Å². The van der Waals surface area contributed by atoms with Crippen molar-refractivity contribution in [1.29, 1.82) is 0 Å². The molecule has 4 heteroatoms. The summed E-state index contributed by atoms with van der Waals surface area (Å²) < 4.78 is 5.45. The van der Waals surface area contributed by atoms with Crippen LogP contribution in [-0.4, -0.2) is 26.2 Å². The number of hydrogen-bond donors (Lipinski definition) is 2. The predicted molar refractivity (Wildman–Crippen MR) is 78.0 cm³/mol. The van der Waals surface area contributed by atoms with Gasteiger partial charge in [0.2, 0.25) is 0 Å². The molecule has 1 atom stereocenters. The molecule has 2 rings (SSSR count). The molecule has 1 aliphatic carbocycles. The summed E-state index contributed by atoms with van der Waals surface area (Å²) in [5.41, 5.74) is 6.99. The molecule has 3 N–H and O–H groups in total. The van der Waals surface area contributed by atoms with Gasteiger partial charge in [0.05, 0.1) is 6.54 Å². The Labute approximate surface area is 115 Å². The third-order valence-corrected chi connectivity index (χ3v) is 3.68. The molecule has 104 valence electrons. The summed E-state index contributed by atoms with van der Waals surface area (Å²) in [5.74, 6) is 1.30. The zero-order valence-corrected chi connectivity index (χ0v) is 11.5. The van der Waals surface area contributed by atoms with Crippen LogP contribution in [0.3, 0.4) is 0 Å². The van der Waals surface area contributed by atoms with Gasteiger partial charge in [-0.25, -0.2) is 0 Å². The van der Waals surface area contributed by atoms with Crippen LogP contribution in [0.25, 0.3) is 0 Å². The van der Waals surface area contributed by atoms with Gasteiger partial charge in [-0.3, -0.25) is 4.99 Å². The first-order valence-corrected chi connectivity index (χ1v) is 6.91. The predicted octanol–water partition coefficient (Wildman–Crippen LogP) is 2.08. The quantitative estimate of drug-likeness (QED) is 0.609. The highest BCUT2D eigenvalue weighted by molar-refractivity contribution is 5.77. The van der Waals surface area contributed by atoms with E-state index in [1.807, 2.05) is 30.3 Å². The van der Waals surface area contributed by atoms with Gasteiger partial charge in [0, 0.05) is 13.7 Å². The fraction of sp³-hybridized carbons (Fsp3) is 0.533. The van der Waals surface area contributed by atoms with E-state index < -0.39 is 0 Å². The number of benzene rings is 1. The lowest BCUT2D eigenvalue weighted by Crippen LogP contribution is -2.37. The van der Waals surface area contributed by atoms with Crippen molar-refractivity contribution in [2.75, 3.05) is 20.2 Å². The number of nitrogens with one attached hydrogen (secondary N) is 1. The zero-order valence-electron chi connectivity index (χ0n) is 11.5. The van der Waals surface area contributed by atoms with Crippen molar-refractivity contribution in [1.82, 2.24) is 5.32 Å². The first-order chi connectivity index (χ1) is 9.29. The zero-order chi connectivity index (χ0) is 13.5. The van der Waals surface area contributed by atoms with Crippen molar-refractivity contribution in [2.45, 2.75) is 25.4 Å². The van der Waals surface area contributed by atoms with Gasteiger partial charge in [0.1, 0.15) is 6.10 Å². The number of guanidine groups is 1. The van der Waals surface area contributed by atoms with Gasteiger partial charge in [-0.2, -0.15) is 0 Å². The Balaban J connectivity index is 1.80. The van der Waals surface area contributed by atoms with Crippen LogP contribution >= 0.6 is 0 Å². The van der Waals surface area contributed by atoms with E-state index in [4.69, 9.17) is 10.5 Å². The fourth-order valence-electron chi connectivity index (χ4n) is 2.17. The van der Waals surface area contributed by atoms with Crippen LogP contribution in [0.5, 0.6) is 0 Å². The SMILES string of the molecule is COC(CN=C(N)NCC1CCC1)c1ccccc1. The van der Waals surface area contributed by atoms with Gasteiger partial charge in [-0.05, 0) is 24.3 Å². The van der Waals surface area contributed by atoms with Gasteiger partial charge in [0.25, 0.3) is 0 Å². The molecule has 0 bridgehead atoms. The Kier molecular flexibility index (Phi) is 5.21. The Morgan fingerprint density at radius 1 is 1.42 bits per heavy atom. The summed E-state index contributed by atoms with van der Waals surface area (Å²) in [6.45, 7) is 1.49. The molecule has 0 amide bonds. The summed E-state index contributed by atoms with van der Waals surface area (Å²) in [7, 11) is 1.70. The normalized spacial score (nSPS) is 17.8. The molecule has 19 heavy (non-hydrogen) atoms. The maximum Gasteiger partial charge on any atom is 0.188 e. The smallest absolute Gasteiger partial charge is 0.188 e. The average molecular weight is 261 g/mol. The highest BCUT2D eigenvalue weighted by Gasteiger charge is 2.17. The minimum atomic E-state index is -0.0368. The Hall–Kier alpha value is -1.55. The summed E-state index contributed by atoms with van der Waals surface area (Å²) in [5, 5.41) is 3.19. The van der Waals surface area contributed by atoms with E-state index in [9.17, 15) is 0 Å². The monoisotopic (exact) mass is 261 g/mol. The van der Waals surface area contributed by atoms with Crippen LogP contribution in [0.15, 0.2) is 35.3 Å². The van der Waals surface area contributed by atoms with E-state index in [0.29, 0.717) is 12.5 Å². The molecule has 1 aromatic rings. The Morgan fingerprint density at radius 2 is 2.16 bits per heavy atom. The number of hydrogen-bond acceptors (Lipinski definition) is 2. The summed E-state index contributed by atoms with van der Waals surface area (Å²) in [6, 6.07) is 10.1. The van der Waals surface area contributed by atoms with Crippen LogP contribution in [0, 0.1) is 5.92 Å². The van der Waals surface area contributed by atoms with Gasteiger partial charge in [-0.1, -0.05) is 36.8 Å². The second-order valence-corrected chi connectivity index (χ2v) is 5.04. The molecule has 1 saturated carbocycles. The van der Waals surface area contributed by atoms with E-state index in [2.05, 4.69) is 10.3 Å². The molecule has 0 heterocycles. The molecule has 0 aromatic heterocycles. The molecule has 1 fully saturated rings. The summed E-state index contributed by atoms with van der Waals surface area (Å²) >= 11 is 0. The first-order valence-electron chi connectivity index (χ1n) is 6.91. The number of rotatable bonds is 6. The lowest BCUT2D eigenvalue weighted by molar-refractivity contribution is 0.111. The first kappa shape index (κ1) is 13.9. The molecule has 0 spiro atoms. The maximum absolute atomic E-state index is 5.87. The average Bonchev–Trinajstić information content (AvgIpc) is 2.39. The lowest BCUT2D eigenvalue weighted by atomic mass is 9.85.